The fourth-order valence-electron chi connectivity index (χ4n) is 1.73. The predicted molar refractivity (Wildman–Crippen MR) is 72.5 cm³/mol. The Hall–Kier alpha value is -0.670. The Morgan fingerprint density at radius 2 is 1.88 bits per heavy atom. The van der Waals surface area contributed by atoms with Gasteiger partial charge in [0.25, 0.3) is 0 Å². The van der Waals surface area contributed by atoms with Crippen LogP contribution in [0.4, 0.5) is 0 Å². The Bertz CT molecular complexity index is 324. The number of aliphatic hydroxyl groups is 1. The maximum Gasteiger partial charge on any atom is 0.0659 e. The molecule has 0 aliphatic heterocycles. The molecule has 96 valence electrons. The lowest BCUT2D eigenvalue weighted by Crippen LogP contribution is -2.16. The molecule has 0 heterocycles. The van der Waals surface area contributed by atoms with Crippen LogP contribution in [0.25, 0.3) is 0 Å². The second kappa shape index (κ2) is 8.43. The lowest BCUT2D eigenvalue weighted by Gasteiger charge is -2.10. The zero-order valence-corrected chi connectivity index (χ0v) is 11.3. The first-order valence-electron chi connectivity index (χ1n) is 6.35. The van der Waals surface area contributed by atoms with Crippen LogP contribution in [-0.4, -0.2) is 21.2 Å². The molecule has 2 atom stereocenters. The van der Waals surface area contributed by atoms with Crippen LogP contribution in [0.15, 0.2) is 35.2 Å². The second-order valence-corrected chi connectivity index (χ2v) is 5.82. The SMILES string of the molecule is CCCCCCC(O)CS(=O)c1ccccc1. The molecule has 0 fully saturated rings. The summed E-state index contributed by atoms with van der Waals surface area (Å²) in [6.07, 6.45) is 4.93. The number of rotatable bonds is 8. The summed E-state index contributed by atoms with van der Waals surface area (Å²) in [4.78, 5) is 0.806. The van der Waals surface area contributed by atoms with E-state index in [1.807, 2.05) is 30.3 Å². The molecule has 1 aromatic rings. The summed E-state index contributed by atoms with van der Waals surface area (Å²) in [5.74, 6) is 0.357. The Balaban J connectivity index is 2.26. The van der Waals surface area contributed by atoms with E-state index in [9.17, 15) is 9.32 Å². The van der Waals surface area contributed by atoms with Gasteiger partial charge in [0.05, 0.1) is 22.7 Å². The molecule has 0 saturated heterocycles. The van der Waals surface area contributed by atoms with Gasteiger partial charge in [-0.25, -0.2) is 0 Å². The van der Waals surface area contributed by atoms with Crippen molar-refractivity contribution in [2.45, 2.75) is 50.0 Å². The van der Waals surface area contributed by atoms with Gasteiger partial charge in [-0.2, -0.15) is 0 Å². The number of unbranched alkanes of at least 4 members (excludes halogenated alkanes) is 3. The quantitative estimate of drug-likeness (QED) is 0.724. The standard InChI is InChI=1S/C14H22O2S/c1-2-3-4-6-9-13(15)12-17(16)14-10-7-5-8-11-14/h5,7-8,10-11,13,15H,2-4,6,9,12H2,1H3. The van der Waals surface area contributed by atoms with E-state index in [-0.39, 0.29) is 0 Å². The van der Waals surface area contributed by atoms with Gasteiger partial charge in [0.2, 0.25) is 0 Å². The van der Waals surface area contributed by atoms with E-state index in [2.05, 4.69) is 6.92 Å². The van der Waals surface area contributed by atoms with E-state index >= 15 is 0 Å². The topological polar surface area (TPSA) is 37.3 Å². The molecule has 2 unspecified atom stereocenters. The lowest BCUT2D eigenvalue weighted by molar-refractivity contribution is 0.184. The molecule has 0 aliphatic carbocycles. The minimum absolute atomic E-state index is 0.357. The van der Waals surface area contributed by atoms with E-state index in [1.165, 1.54) is 12.8 Å². The highest BCUT2D eigenvalue weighted by Gasteiger charge is 2.10. The second-order valence-electron chi connectivity index (χ2n) is 4.33. The first-order valence-corrected chi connectivity index (χ1v) is 7.67. The van der Waals surface area contributed by atoms with Crippen LogP contribution in [-0.2, 0) is 10.8 Å². The average Bonchev–Trinajstić information content (AvgIpc) is 2.36. The van der Waals surface area contributed by atoms with Crippen molar-refractivity contribution >= 4 is 10.8 Å². The van der Waals surface area contributed by atoms with Crippen molar-refractivity contribution in [1.82, 2.24) is 0 Å². The van der Waals surface area contributed by atoms with Crippen LogP contribution in [0.3, 0.4) is 0 Å². The van der Waals surface area contributed by atoms with Gasteiger partial charge < -0.3 is 5.11 Å². The molecular formula is C14H22O2S. The Labute approximate surface area is 107 Å². The molecule has 1 rings (SSSR count). The molecule has 0 saturated carbocycles. The fourth-order valence-corrected chi connectivity index (χ4v) is 2.90. The van der Waals surface area contributed by atoms with Gasteiger partial charge in [-0.3, -0.25) is 4.21 Å². The maximum atomic E-state index is 11.9. The van der Waals surface area contributed by atoms with E-state index in [4.69, 9.17) is 0 Å². The zero-order chi connectivity index (χ0) is 12.5. The molecule has 0 aromatic heterocycles. The Kier molecular flexibility index (Phi) is 7.13. The van der Waals surface area contributed by atoms with E-state index in [0.29, 0.717) is 5.75 Å². The third kappa shape index (κ3) is 5.99. The summed E-state index contributed by atoms with van der Waals surface area (Å²) in [7, 11) is -1.07. The summed E-state index contributed by atoms with van der Waals surface area (Å²) < 4.78 is 11.9. The molecule has 0 radical (unpaired) electrons. The van der Waals surface area contributed by atoms with Crippen molar-refractivity contribution in [3.8, 4) is 0 Å². The van der Waals surface area contributed by atoms with Crippen molar-refractivity contribution in [3.63, 3.8) is 0 Å². The summed E-state index contributed by atoms with van der Waals surface area (Å²) >= 11 is 0. The van der Waals surface area contributed by atoms with Gasteiger partial charge in [-0.05, 0) is 18.6 Å². The van der Waals surface area contributed by atoms with Crippen molar-refractivity contribution < 1.29 is 9.32 Å². The molecule has 0 spiro atoms. The summed E-state index contributed by atoms with van der Waals surface area (Å²) in [5.41, 5.74) is 0. The van der Waals surface area contributed by atoms with Crippen molar-refractivity contribution in [2.24, 2.45) is 0 Å². The molecule has 17 heavy (non-hydrogen) atoms. The van der Waals surface area contributed by atoms with E-state index in [1.54, 1.807) is 0 Å². The third-order valence-electron chi connectivity index (χ3n) is 2.74. The minimum Gasteiger partial charge on any atom is -0.392 e. The monoisotopic (exact) mass is 254 g/mol. The molecule has 3 heteroatoms. The molecule has 0 bridgehead atoms. The van der Waals surface area contributed by atoms with E-state index in [0.717, 1.165) is 24.2 Å². The largest absolute Gasteiger partial charge is 0.392 e. The molecule has 1 N–H and O–H groups in total. The summed E-state index contributed by atoms with van der Waals surface area (Å²) in [6, 6.07) is 9.35. The van der Waals surface area contributed by atoms with Gasteiger partial charge in [0.1, 0.15) is 0 Å². The van der Waals surface area contributed by atoms with E-state index < -0.39 is 16.9 Å². The van der Waals surface area contributed by atoms with Gasteiger partial charge in [0, 0.05) is 4.90 Å². The van der Waals surface area contributed by atoms with Crippen LogP contribution in [0.2, 0.25) is 0 Å². The smallest absolute Gasteiger partial charge is 0.0659 e. The first kappa shape index (κ1) is 14.4. The van der Waals surface area contributed by atoms with Crippen LogP contribution < -0.4 is 0 Å². The predicted octanol–water partition coefficient (Wildman–Crippen LogP) is 3.13. The lowest BCUT2D eigenvalue weighted by atomic mass is 10.1. The van der Waals surface area contributed by atoms with Gasteiger partial charge in [0.15, 0.2) is 0 Å². The third-order valence-corrected chi connectivity index (χ3v) is 4.23. The van der Waals surface area contributed by atoms with Crippen LogP contribution in [0.5, 0.6) is 0 Å². The zero-order valence-electron chi connectivity index (χ0n) is 10.5. The molecule has 0 amide bonds. The fraction of sp³-hybridized carbons (Fsp3) is 0.571. The molecule has 1 aromatic carbocycles. The van der Waals surface area contributed by atoms with Gasteiger partial charge in [-0.15, -0.1) is 0 Å². The van der Waals surface area contributed by atoms with Crippen LogP contribution >= 0.6 is 0 Å². The molecule has 0 aliphatic rings. The highest BCUT2D eigenvalue weighted by atomic mass is 32.2. The average molecular weight is 254 g/mol. The highest BCUT2D eigenvalue weighted by molar-refractivity contribution is 7.85. The first-order chi connectivity index (χ1) is 8.24. The summed E-state index contributed by atoms with van der Waals surface area (Å²) in [5, 5.41) is 9.79. The van der Waals surface area contributed by atoms with Crippen molar-refractivity contribution in [3.05, 3.63) is 30.3 Å². The van der Waals surface area contributed by atoms with Crippen molar-refractivity contribution in [2.75, 3.05) is 5.75 Å². The molecule has 2 nitrogen and oxygen atoms in total. The normalized spacial score (nSPS) is 14.5. The Morgan fingerprint density at radius 1 is 1.18 bits per heavy atom. The van der Waals surface area contributed by atoms with Gasteiger partial charge >= 0.3 is 0 Å². The van der Waals surface area contributed by atoms with Crippen molar-refractivity contribution in [1.29, 1.82) is 0 Å². The van der Waals surface area contributed by atoms with Crippen LogP contribution in [0.1, 0.15) is 39.0 Å². The number of benzene rings is 1. The number of aliphatic hydroxyl groups excluding tert-OH is 1. The Morgan fingerprint density at radius 3 is 2.53 bits per heavy atom. The minimum atomic E-state index is -1.07. The van der Waals surface area contributed by atoms with Crippen LogP contribution in [0, 0.1) is 0 Å². The maximum absolute atomic E-state index is 11.9. The molecular weight excluding hydrogens is 232 g/mol. The highest BCUT2D eigenvalue weighted by Crippen LogP contribution is 2.10. The number of hydrogen-bond donors (Lipinski definition) is 1. The van der Waals surface area contributed by atoms with Gasteiger partial charge in [-0.1, -0.05) is 50.8 Å². The number of hydrogen-bond acceptors (Lipinski definition) is 2. The summed E-state index contributed by atoms with van der Waals surface area (Å²) in [6.45, 7) is 2.17.